The summed E-state index contributed by atoms with van der Waals surface area (Å²) in [4.78, 5) is 12.0. The normalized spacial score (nSPS) is 11.4. The molecule has 0 aromatic heterocycles. The lowest BCUT2D eigenvalue weighted by Crippen LogP contribution is -2.15. The Labute approximate surface area is 120 Å². The first kappa shape index (κ1) is 16.8. The molecule has 0 fully saturated rings. The zero-order valence-electron chi connectivity index (χ0n) is 11.1. The van der Waals surface area contributed by atoms with Crippen molar-refractivity contribution in [2.45, 2.75) is 30.8 Å². The maximum atomic E-state index is 12.3. The summed E-state index contributed by atoms with van der Waals surface area (Å²) in [6.45, 7) is 2.21. The lowest BCUT2D eigenvalue weighted by atomic mass is 10.2. The van der Waals surface area contributed by atoms with Crippen LogP contribution in [0.1, 0.15) is 18.4 Å². The van der Waals surface area contributed by atoms with Crippen LogP contribution in [0, 0.1) is 6.92 Å². The maximum Gasteiger partial charge on any atom is 0.398 e. The number of hydrogen-bond donors (Lipinski definition) is 2. The van der Waals surface area contributed by atoms with Crippen molar-refractivity contribution >= 4 is 23.4 Å². The first-order chi connectivity index (χ1) is 9.31. The van der Waals surface area contributed by atoms with Gasteiger partial charge in [0.15, 0.2) is 0 Å². The number of benzene rings is 1. The molecule has 0 unspecified atom stereocenters. The van der Waals surface area contributed by atoms with E-state index < -0.39 is 11.9 Å². The first-order valence-corrected chi connectivity index (χ1v) is 7.10. The minimum absolute atomic E-state index is 0.241. The highest BCUT2D eigenvalue weighted by Crippen LogP contribution is 2.32. The smallest absolute Gasteiger partial charge is 0.330 e. The summed E-state index contributed by atoms with van der Waals surface area (Å²) in [6.07, 6.45) is -3.44. The summed E-state index contributed by atoms with van der Waals surface area (Å²) in [7, 11) is 0. The summed E-state index contributed by atoms with van der Waals surface area (Å²) in [5.74, 6) is -1.23. The lowest BCUT2D eigenvalue weighted by molar-refractivity contribution is -0.116. The van der Waals surface area contributed by atoms with Gasteiger partial charge in [0.2, 0.25) is 5.91 Å². The number of rotatable bonds is 6. The molecule has 0 aliphatic carbocycles. The van der Waals surface area contributed by atoms with E-state index in [-0.39, 0.29) is 12.3 Å². The van der Waals surface area contributed by atoms with E-state index >= 15 is 0 Å². The molecule has 0 atom stereocenters. The molecule has 20 heavy (non-hydrogen) atoms. The van der Waals surface area contributed by atoms with Crippen LogP contribution in [0.4, 0.5) is 18.9 Å². The topological polar surface area (TPSA) is 55.1 Å². The van der Waals surface area contributed by atoms with Crippen LogP contribution in [0.2, 0.25) is 0 Å². The fourth-order valence-corrected chi connectivity index (χ4v) is 2.25. The van der Waals surface area contributed by atoms with Crippen molar-refractivity contribution in [1.29, 1.82) is 0 Å². The van der Waals surface area contributed by atoms with Crippen LogP contribution in [0.5, 0.6) is 0 Å². The summed E-state index contributed by atoms with van der Waals surface area (Å²) in [5.41, 5.74) is 6.60. The number of anilines is 1. The number of alkyl halides is 3. The molecule has 0 aliphatic heterocycles. The molecule has 0 bridgehead atoms. The Morgan fingerprint density at radius 1 is 1.40 bits per heavy atom. The fourth-order valence-electron chi connectivity index (χ4n) is 1.50. The predicted molar refractivity (Wildman–Crippen MR) is 74.9 cm³/mol. The van der Waals surface area contributed by atoms with Gasteiger partial charge in [-0.25, -0.2) is 0 Å². The number of nitrogens with two attached hydrogens (primary N) is 1. The molecule has 0 saturated heterocycles. The molecule has 0 radical (unpaired) electrons. The highest BCUT2D eigenvalue weighted by molar-refractivity contribution is 7.99. The second-order valence-electron chi connectivity index (χ2n) is 4.34. The standard InChI is InChI=1S/C13H17F3N2OS/c1-9-4-5-11(20-8-13(14,15)16)10(7-9)18-12(19)3-2-6-17/h4-5,7H,2-3,6,8,17H2,1H3,(H,18,19). The van der Waals surface area contributed by atoms with Crippen LogP contribution < -0.4 is 11.1 Å². The monoisotopic (exact) mass is 306 g/mol. The van der Waals surface area contributed by atoms with Crippen molar-refractivity contribution in [3.05, 3.63) is 23.8 Å². The minimum Gasteiger partial charge on any atom is -0.330 e. The number of carbonyl (C=O) groups excluding carboxylic acids is 1. The number of aryl methyl sites for hydroxylation is 1. The molecule has 3 N–H and O–H groups in total. The van der Waals surface area contributed by atoms with E-state index in [1.54, 1.807) is 18.2 Å². The SMILES string of the molecule is Cc1ccc(SCC(F)(F)F)c(NC(=O)CCCN)c1. The van der Waals surface area contributed by atoms with Crippen molar-refractivity contribution in [3.63, 3.8) is 0 Å². The van der Waals surface area contributed by atoms with Crippen molar-refractivity contribution < 1.29 is 18.0 Å². The third-order valence-electron chi connectivity index (χ3n) is 2.41. The highest BCUT2D eigenvalue weighted by Gasteiger charge is 2.27. The maximum absolute atomic E-state index is 12.3. The van der Waals surface area contributed by atoms with Crippen molar-refractivity contribution in [2.24, 2.45) is 5.73 Å². The van der Waals surface area contributed by atoms with Crippen LogP contribution in [0.3, 0.4) is 0 Å². The van der Waals surface area contributed by atoms with Crippen LogP contribution >= 0.6 is 11.8 Å². The van der Waals surface area contributed by atoms with Gasteiger partial charge < -0.3 is 11.1 Å². The number of thioether (sulfide) groups is 1. The van der Waals surface area contributed by atoms with E-state index in [9.17, 15) is 18.0 Å². The largest absolute Gasteiger partial charge is 0.398 e. The van der Waals surface area contributed by atoms with Gasteiger partial charge in [0.05, 0.1) is 11.4 Å². The second-order valence-corrected chi connectivity index (χ2v) is 5.36. The average Bonchev–Trinajstić information content (AvgIpc) is 2.34. The minimum atomic E-state index is -4.24. The Kier molecular flexibility index (Phi) is 6.35. The van der Waals surface area contributed by atoms with Gasteiger partial charge in [0.25, 0.3) is 0 Å². The molecular formula is C13H17F3N2OS. The molecule has 112 valence electrons. The summed E-state index contributed by atoms with van der Waals surface area (Å²) < 4.78 is 36.8. The second kappa shape index (κ2) is 7.54. The summed E-state index contributed by atoms with van der Waals surface area (Å²) >= 11 is 0.664. The van der Waals surface area contributed by atoms with Gasteiger partial charge in [-0.3, -0.25) is 4.79 Å². The Morgan fingerprint density at radius 3 is 2.70 bits per heavy atom. The zero-order valence-corrected chi connectivity index (χ0v) is 11.9. The summed E-state index contributed by atoms with van der Waals surface area (Å²) in [6, 6.07) is 4.97. The van der Waals surface area contributed by atoms with E-state index in [1.165, 1.54) is 0 Å². The number of amides is 1. The van der Waals surface area contributed by atoms with Gasteiger partial charge in [0.1, 0.15) is 0 Å². The lowest BCUT2D eigenvalue weighted by Gasteiger charge is -2.13. The van der Waals surface area contributed by atoms with Gasteiger partial charge in [-0.15, -0.1) is 11.8 Å². The number of nitrogens with one attached hydrogen (secondary N) is 1. The van der Waals surface area contributed by atoms with E-state index in [4.69, 9.17) is 5.73 Å². The first-order valence-electron chi connectivity index (χ1n) is 6.12. The Morgan fingerprint density at radius 2 is 2.10 bits per heavy atom. The van der Waals surface area contributed by atoms with Crippen molar-refractivity contribution in [1.82, 2.24) is 0 Å². The summed E-state index contributed by atoms with van der Waals surface area (Å²) in [5, 5.41) is 2.64. The van der Waals surface area contributed by atoms with Gasteiger partial charge in [0, 0.05) is 11.3 Å². The molecule has 1 aromatic carbocycles. The fraction of sp³-hybridized carbons (Fsp3) is 0.462. The predicted octanol–water partition coefficient (Wildman–Crippen LogP) is 3.33. The quantitative estimate of drug-likeness (QED) is 0.793. The molecule has 3 nitrogen and oxygen atoms in total. The molecule has 7 heteroatoms. The highest BCUT2D eigenvalue weighted by atomic mass is 32.2. The zero-order chi connectivity index (χ0) is 15.2. The third kappa shape index (κ3) is 6.29. The third-order valence-corrected chi connectivity index (χ3v) is 3.55. The van der Waals surface area contributed by atoms with E-state index in [1.807, 2.05) is 6.92 Å². The van der Waals surface area contributed by atoms with Crippen LogP contribution in [-0.4, -0.2) is 24.4 Å². The number of carbonyl (C=O) groups is 1. The Bertz CT molecular complexity index is 463. The van der Waals surface area contributed by atoms with Crippen molar-refractivity contribution in [2.75, 3.05) is 17.6 Å². The average molecular weight is 306 g/mol. The molecular weight excluding hydrogens is 289 g/mol. The van der Waals surface area contributed by atoms with E-state index in [0.717, 1.165) is 5.56 Å². The molecule has 0 heterocycles. The van der Waals surface area contributed by atoms with Crippen molar-refractivity contribution in [3.8, 4) is 0 Å². The molecule has 0 spiro atoms. The van der Waals surface area contributed by atoms with Gasteiger partial charge in [-0.1, -0.05) is 6.07 Å². The Hall–Kier alpha value is -1.21. The molecule has 1 amide bonds. The molecule has 0 aliphatic rings. The molecule has 1 aromatic rings. The van der Waals surface area contributed by atoms with Gasteiger partial charge in [-0.2, -0.15) is 13.2 Å². The van der Waals surface area contributed by atoms with Gasteiger partial charge in [-0.05, 0) is 37.6 Å². The Balaban J connectivity index is 2.77. The number of hydrogen-bond acceptors (Lipinski definition) is 3. The van der Waals surface area contributed by atoms with E-state index in [0.29, 0.717) is 35.3 Å². The van der Waals surface area contributed by atoms with Crippen LogP contribution in [0.15, 0.2) is 23.1 Å². The molecule has 0 saturated carbocycles. The molecule has 1 rings (SSSR count). The van der Waals surface area contributed by atoms with E-state index in [2.05, 4.69) is 5.32 Å². The van der Waals surface area contributed by atoms with Crippen LogP contribution in [-0.2, 0) is 4.79 Å². The van der Waals surface area contributed by atoms with Gasteiger partial charge >= 0.3 is 6.18 Å². The van der Waals surface area contributed by atoms with Crippen LogP contribution in [0.25, 0.3) is 0 Å². The number of halogens is 3.